The highest BCUT2D eigenvalue weighted by molar-refractivity contribution is 6.04. The molecule has 33 heavy (non-hydrogen) atoms. The van der Waals surface area contributed by atoms with Crippen molar-refractivity contribution in [1.29, 1.82) is 0 Å². The topological polar surface area (TPSA) is 90.0 Å². The van der Waals surface area contributed by atoms with E-state index < -0.39 is 17.8 Å². The third-order valence-electron chi connectivity index (χ3n) is 6.80. The second-order valence-electron chi connectivity index (χ2n) is 8.99. The number of carbonyl (C=O) groups is 3. The van der Waals surface area contributed by atoms with Crippen LogP contribution in [0.25, 0.3) is 0 Å². The van der Waals surface area contributed by atoms with Crippen LogP contribution in [0.4, 0.5) is 11.4 Å². The Morgan fingerprint density at radius 2 is 1.52 bits per heavy atom. The van der Waals surface area contributed by atoms with Gasteiger partial charge >= 0.3 is 5.97 Å². The zero-order chi connectivity index (χ0) is 23.4. The Labute approximate surface area is 194 Å². The molecule has 1 aliphatic carbocycles. The highest BCUT2D eigenvalue weighted by Gasteiger charge is 2.36. The van der Waals surface area contributed by atoms with E-state index in [0.29, 0.717) is 37.2 Å². The molecule has 1 aliphatic heterocycles. The van der Waals surface area contributed by atoms with Gasteiger partial charge in [-0.05, 0) is 44.0 Å². The first-order chi connectivity index (χ1) is 15.9. The summed E-state index contributed by atoms with van der Waals surface area (Å²) in [6, 6.07) is 15.4. The predicted octanol–water partition coefficient (Wildman–Crippen LogP) is 3.79. The Bertz CT molecular complexity index is 1010. The maximum absolute atomic E-state index is 13.3. The number of hydrogen-bond donors (Lipinski definition) is 2. The minimum absolute atomic E-state index is 0.118. The number of nitrogens with zero attached hydrogens (tertiary/aromatic N) is 2. The Morgan fingerprint density at radius 1 is 0.879 bits per heavy atom. The summed E-state index contributed by atoms with van der Waals surface area (Å²) < 4.78 is 0. The SMILES string of the molecule is Cc1ccc(N2CCN(C(=O)c3ccccc3NC(=O)[C@H]3CCCC[C@H]3C(=O)O)CC2)cc1. The molecule has 2 N–H and O–H groups in total. The Balaban J connectivity index is 1.43. The van der Waals surface area contributed by atoms with E-state index in [-0.39, 0.29) is 11.8 Å². The van der Waals surface area contributed by atoms with Crippen molar-refractivity contribution in [3.63, 3.8) is 0 Å². The largest absolute Gasteiger partial charge is 0.481 e. The molecule has 2 aliphatic rings. The van der Waals surface area contributed by atoms with E-state index in [1.165, 1.54) is 5.56 Å². The van der Waals surface area contributed by atoms with Crippen LogP contribution in [0.1, 0.15) is 41.6 Å². The summed E-state index contributed by atoms with van der Waals surface area (Å²) in [5.41, 5.74) is 3.26. The maximum atomic E-state index is 13.3. The molecule has 2 amide bonds. The molecule has 0 spiro atoms. The van der Waals surface area contributed by atoms with E-state index >= 15 is 0 Å². The van der Waals surface area contributed by atoms with Crippen LogP contribution in [0.5, 0.6) is 0 Å². The maximum Gasteiger partial charge on any atom is 0.307 e. The summed E-state index contributed by atoms with van der Waals surface area (Å²) in [7, 11) is 0. The second-order valence-corrected chi connectivity index (χ2v) is 8.99. The van der Waals surface area contributed by atoms with Gasteiger partial charge in [0.25, 0.3) is 5.91 Å². The average Bonchev–Trinajstić information content (AvgIpc) is 2.84. The lowest BCUT2D eigenvalue weighted by atomic mass is 9.78. The fraction of sp³-hybridized carbons (Fsp3) is 0.423. The number of rotatable bonds is 5. The van der Waals surface area contributed by atoms with Crippen LogP contribution < -0.4 is 10.2 Å². The minimum Gasteiger partial charge on any atom is -0.481 e. The number of piperazine rings is 1. The molecule has 0 unspecified atom stereocenters. The molecular formula is C26H31N3O4. The molecule has 7 heteroatoms. The van der Waals surface area contributed by atoms with Gasteiger partial charge in [-0.1, -0.05) is 42.7 Å². The smallest absolute Gasteiger partial charge is 0.307 e. The van der Waals surface area contributed by atoms with Gasteiger partial charge in [-0.25, -0.2) is 0 Å². The van der Waals surface area contributed by atoms with Crippen molar-refractivity contribution >= 4 is 29.2 Å². The molecule has 7 nitrogen and oxygen atoms in total. The summed E-state index contributed by atoms with van der Waals surface area (Å²) in [5, 5.41) is 12.4. The van der Waals surface area contributed by atoms with E-state index in [1.54, 1.807) is 24.3 Å². The number of carboxylic acids is 1. The van der Waals surface area contributed by atoms with Crippen molar-refractivity contribution in [2.75, 3.05) is 36.4 Å². The van der Waals surface area contributed by atoms with Gasteiger partial charge in [-0.15, -0.1) is 0 Å². The highest BCUT2D eigenvalue weighted by Crippen LogP contribution is 2.32. The number of nitrogens with one attached hydrogen (secondary N) is 1. The molecule has 0 aromatic heterocycles. The lowest BCUT2D eigenvalue weighted by Gasteiger charge is -2.36. The summed E-state index contributed by atoms with van der Waals surface area (Å²) >= 11 is 0. The molecule has 0 radical (unpaired) electrons. The molecule has 2 fully saturated rings. The number of aliphatic carboxylic acids is 1. The summed E-state index contributed by atoms with van der Waals surface area (Å²) in [4.78, 5) is 41.9. The molecule has 4 rings (SSSR count). The van der Waals surface area contributed by atoms with Crippen LogP contribution >= 0.6 is 0 Å². The number of hydrogen-bond acceptors (Lipinski definition) is 4. The summed E-state index contributed by atoms with van der Waals surface area (Å²) in [5.74, 6) is -2.60. The van der Waals surface area contributed by atoms with E-state index in [0.717, 1.165) is 31.6 Å². The van der Waals surface area contributed by atoms with Crippen LogP contribution in [0.15, 0.2) is 48.5 Å². The van der Waals surface area contributed by atoms with Gasteiger partial charge in [0.05, 0.1) is 23.1 Å². The number of carbonyl (C=O) groups excluding carboxylic acids is 2. The van der Waals surface area contributed by atoms with Gasteiger partial charge in [0.2, 0.25) is 5.91 Å². The zero-order valence-electron chi connectivity index (χ0n) is 19.0. The van der Waals surface area contributed by atoms with Crippen molar-refractivity contribution in [3.05, 3.63) is 59.7 Å². The second kappa shape index (κ2) is 10.1. The average molecular weight is 450 g/mol. The lowest BCUT2D eigenvalue weighted by Crippen LogP contribution is -2.49. The fourth-order valence-electron chi connectivity index (χ4n) is 4.84. The number of para-hydroxylation sites is 1. The Morgan fingerprint density at radius 3 is 2.18 bits per heavy atom. The van der Waals surface area contributed by atoms with Gasteiger partial charge < -0.3 is 20.2 Å². The quantitative estimate of drug-likeness (QED) is 0.725. The molecule has 1 saturated heterocycles. The fourth-order valence-corrected chi connectivity index (χ4v) is 4.84. The van der Waals surface area contributed by atoms with Crippen molar-refractivity contribution < 1.29 is 19.5 Å². The molecule has 174 valence electrons. The first kappa shape index (κ1) is 22.8. The Kier molecular flexibility index (Phi) is 6.96. The standard InChI is InChI=1S/C26H31N3O4/c1-18-10-12-19(13-11-18)28-14-16-29(17-15-28)25(31)22-8-4-5-9-23(22)27-24(30)20-6-2-3-7-21(20)26(32)33/h4-5,8-13,20-21H,2-3,6-7,14-17H2,1H3,(H,27,30)(H,32,33)/t20-,21+/m0/s1. The highest BCUT2D eigenvalue weighted by atomic mass is 16.4. The monoisotopic (exact) mass is 449 g/mol. The van der Waals surface area contributed by atoms with E-state index in [9.17, 15) is 19.5 Å². The molecule has 1 heterocycles. The molecule has 1 saturated carbocycles. The molecule has 0 bridgehead atoms. The Hall–Kier alpha value is -3.35. The van der Waals surface area contributed by atoms with Crippen molar-refractivity contribution in [1.82, 2.24) is 4.90 Å². The normalized spacial score (nSPS) is 20.9. The van der Waals surface area contributed by atoms with Gasteiger partial charge in [0.15, 0.2) is 0 Å². The summed E-state index contributed by atoms with van der Waals surface area (Å²) in [6.07, 6.45) is 2.73. The third kappa shape index (κ3) is 5.18. The predicted molar refractivity (Wildman–Crippen MR) is 127 cm³/mol. The van der Waals surface area contributed by atoms with Crippen LogP contribution in [0.3, 0.4) is 0 Å². The molecule has 2 aromatic carbocycles. The summed E-state index contributed by atoms with van der Waals surface area (Å²) in [6.45, 7) is 4.74. The number of benzene rings is 2. The number of carboxylic acid groups (broad SMARTS) is 1. The molecule has 2 aromatic rings. The van der Waals surface area contributed by atoms with Crippen molar-refractivity contribution in [2.45, 2.75) is 32.6 Å². The first-order valence-corrected chi connectivity index (χ1v) is 11.7. The molecule has 2 atom stereocenters. The third-order valence-corrected chi connectivity index (χ3v) is 6.80. The van der Waals surface area contributed by atoms with Crippen LogP contribution in [-0.4, -0.2) is 54.0 Å². The van der Waals surface area contributed by atoms with Gasteiger partial charge in [-0.3, -0.25) is 14.4 Å². The van der Waals surface area contributed by atoms with Crippen molar-refractivity contribution in [3.8, 4) is 0 Å². The van der Waals surface area contributed by atoms with E-state index in [1.807, 2.05) is 4.90 Å². The van der Waals surface area contributed by atoms with Crippen LogP contribution in [-0.2, 0) is 9.59 Å². The van der Waals surface area contributed by atoms with Crippen LogP contribution in [0.2, 0.25) is 0 Å². The van der Waals surface area contributed by atoms with Gasteiger partial charge in [-0.2, -0.15) is 0 Å². The molecular weight excluding hydrogens is 418 g/mol. The van der Waals surface area contributed by atoms with E-state index in [4.69, 9.17) is 0 Å². The number of aryl methyl sites for hydroxylation is 1. The number of anilines is 2. The minimum atomic E-state index is -0.925. The van der Waals surface area contributed by atoms with Crippen LogP contribution in [0, 0.1) is 18.8 Å². The van der Waals surface area contributed by atoms with Crippen molar-refractivity contribution in [2.24, 2.45) is 11.8 Å². The van der Waals surface area contributed by atoms with Gasteiger partial charge in [0, 0.05) is 31.9 Å². The van der Waals surface area contributed by atoms with E-state index in [2.05, 4.69) is 41.4 Å². The zero-order valence-corrected chi connectivity index (χ0v) is 19.0. The number of amides is 2. The first-order valence-electron chi connectivity index (χ1n) is 11.7. The van der Waals surface area contributed by atoms with Gasteiger partial charge in [0.1, 0.15) is 0 Å². The lowest BCUT2D eigenvalue weighted by molar-refractivity contribution is -0.147.